The number of nitrogens with zero attached hydrogens (tertiary/aromatic N) is 3. The largest absolute Gasteiger partial charge is 0.481 e. The minimum Gasteiger partial charge on any atom is -0.481 e. The van der Waals surface area contributed by atoms with Gasteiger partial charge in [0.15, 0.2) is 5.96 Å². The van der Waals surface area contributed by atoms with Crippen molar-refractivity contribution in [1.29, 1.82) is 0 Å². The molecule has 0 spiro atoms. The summed E-state index contributed by atoms with van der Waals surface area (Å²) in [7, 11) is 1.62. The molecule has 0 amide bonds. The summed E-state index contributed by atoms with van der Waals surface area (Å²) in [4.78, 5) is 11.5. The van der Waals surface area contributed by atoms with Crippen molar-refractivity contribution in [3.05, 3.63) is 59.3 Å². The van der Waals surface area contributed by atoms with Crippen molar-refractivity contribution >= 4 is 5.96 Å². The molecule has 1 atom stereocenters. The monoisotopic (exact) mass is 368 g/mol. The molecule has 1 fully saturated rings. The number of morpholine rings is 1. The maximum Gasteiger partial charge on any atom is 0.213 e. The zero-order valence-corrected chi connectivity index (χ0v) is 16.3. The van der Waals surface area contributed by atoms with E-state index in [1.165, 1.54) is 11.1 Å². The van der Waals surface area contributed by atoms with Gasteiger partial charge in [-0.25, -0.2) is 9.98 Å². The van der Waals surface area contributed by atoms with E-state index in [0.29, 0.717) is 19.0 Å². The van der Waals surface area contributed by atoms with Gasteiger partial charge in [-0.15, -0.1) is 0 Å². The molecule has 144 valence electrons. The second kappa shape index (κ2) is 9.37. The van der Waals surface area contributed by atoms with E-state index >= 15 is 0 Å². The Bertz CT molecular complexity index is 778. The van der Waals surface area contributed by atoms with Crippen LogP contribution in [-0.4, -0.2) is 49.2 Å². The van der Waals surface area contributed by atoms with E-state index in [0.717, 1.165) is 31.3 Å². The van der Waals surface area contributed by atoms with Crippen LogP contribution in [0, 0.1) is 6.92 Å². The van der Waals surface area contributed by atoms with E-state index in [-0.39, 0.29) is 6.10 Å². The van der Waals surface area contributed by atoms with Crippen LogP contribution >= 0.6 is 0 Å². The average Bonchev–Trinajstić information content (AvgIpc) is 2.71. The Labute approximate surface area is 161 Å². The van der Waals surface area contributed by atoms with Gasteiger partial charge in [-0.2, -0.15) is 0 Å². The lowest BCUT2D eigenvalue weighted by atomic mass is 10.0. The molecular formula is C21H28N4O2. The van der Waals surface area contributed by atoms with Crippen LogP contribution in [0.4, 0.5) is 0 Å². The molecule has 0 saturated carbocycles. The van der Waals surface area contributed by atoms with Crippen LogP contribution < -0.4 is 10.1 Å². The smallest absolute Gasteiger partial charge is 0.213 e. The summed E-state index contributed by atoms with van der Waals surface area (Å²) in [6, 6.07) is 14.1. The highest BCUT2D eigenvalue weighted by Crippen LogP contribution is 2.25. The first-order valence-corrected chi connectivity index (χ1v) is 9.41. The van der Waals surface area contributed by atoms with Gasteiger partial charge in [0, 0.05) is 19.2 Å². The number of methoxy groups -OCH3 is 1. The molecular weight excluding hydrogens is 340 g/mol. The maximum absolute atomic E-state index is 6.04. The Morgan fingerprint density at radius 1 is 1.30 bits per heavy atom. The summed E-state index contributed by atoms with van der Waals surface area (Å²) >= 11 is 0. The molecule has 1 N–H and O–H groups in total. The fourth-order valence-corrected chi connectivity index (χ4v) is 3.22. The van der Waals surface area contributed by atoms with E-state index < -0.39 is 0 Å². The minimum atomic E-state index is 0.0544. The fraction of sp³-hybridized carbons (Fsp3) is 0.429. The minimum absolute atomic E-state index is 0.0544. The third kappa shape index (κ3) is 4.98. The highest BCUT2D eigenvalue weighted by molar-refractivity contribution is 5.80. The number of benzene rings is 1. The number of aromatic nitrogens is 1. The Morgan fingerprint density at radius 3 is 2.93 bits per heavy atom. The van der Waals surface area contributed by atoms with Crippen molar-refractivity contribution in [3.63, 3.8) is 0 Å². The third-order valence-electron chi connectivity index (χ3n) is 4.62. The Hall–Kier alpha value is -2.60. The number of aliphatic imine (C=N–C) groups is 1. The van der Waals surface area contributed by atoms with Gasteiger partial charge < -0.3 is 19.7 Å². The molecule has 2 aromatic rings. The van der Waals surface area contributed by atoms with Gasteiger partial charge in [0.05, 0.1) is 32.5 Å². The van der Waals surface area contributed by atoms with Crippen LogP contribution in [-0.2, 0) is 11.3 Å². The van der Waals surface area contributed by atoms with Crippen molar-refractivity contribution in [1.82, 2.24) is 15.2 Å². The van der Waals surface area contributed by atoms with Crippen molar-refractivity contribution in [2.24, 2.45) is 4.99 Å². The Kier molecular flexibility index (Phi) is 6.65. The molecule has 27 heavy (non-hydrogen) atoms. The van der Waals surface area contributed by atoms with E-state index in [2.05, 4.69) is 53.3 Å². The van der Waals surface area contributed by atoms with Crippen LogP contribution in [0.3, 0.4) is 0 Å². The standard InChI is InChI=1S/C21H28N4O2/c1-4-22-21(23-14-17-9-7-11-20(24-17)26-3)25-12-13-27-19(15-25)18-10-6-5-8-16(18)2/h5-11,19H,4,12-15H2,1-3H3,(H,22,23). The van der Waals surface area contributed by atoms with E-state index in [1.807, 2.05) is 18.2 Å². The lowest BCUT2D eigenvalue weighted by Crippen LogP contribution is -2.48. The van der Waals surface area contributed by atoms with Crippen LogP contribution in [0.2, 0.25) is 0 Å². The van der Waals surface area contributed by atoms with Crippen LogP contribution in [0.1, 0.15) is 29.8 Å². The summed E-state index contributed by atoms with van der Waals surface area (Å²) in [5.41, 5.74) is 3.38. The predicted molar refractivity (Wildman–Crippen MR) is 107 cm³/mol. The third-order valence-corrected chi connectivity index (χ3v) is 4.62. The van der Waals surface area contributed by atoms with Crippen molar-refractivity contribution in [2.75, 3.05) is 33.4 Å². The first-order chi connectivity index (χ1) is 13.2. The zero-order chi connectivity index (χ0) is 19.1. The number of rotatable bonds is 5. The molecule has 1 aromatic heterocycles. The molecule has 2 heterocycles. The molecule has 6 heteroatoms. The number of aryl methyl sites for hydroxylation is 1. The second-order valence-electron chi connectivity index (χ2n) is 6.50. The number of hydrogen-bond acceptors (Lipinski definition) is 4. The van der Waals surface area contributed by atoms with Gasteiger partial charge in [0.2, 0.25) is 5.88 Å². The van der Waals surface area contributed by atoms with Crippen molar-refractivity contribution < 1.29 is 9.47 Å². The highest BCUT2D eigenvalue weighted by Gasteiger charge is 2.25. The lowest BCUT2D eigenvalue weighted by molar-refractivity contribution is -0.00834. The lowest BCUT2D eigenvalue weighted by Gasteiger charge is -2.35. The molecule has 1 aliphatic heterocycles. The second-order valence-corrected chi connectivity index (χ2v) is 6.50. The van der Waals surface area contributed by atoms with Gasteiger partial charge in [0.25, 0.3) is 0 Å². The van der Waals surface area contributed by atoms with Crippen LogP contribution in [0.15, 0.2) is 47.5 Å². The van der Waals surface area contributed by atoms with Crippen LogP contribution in [0.5, 0.6) is 5.88 Å². The zero-order valence-electron chi connectivity index (χ0n) is 16.3. The van der Waals surface area contributed by atoms with Gasteiger partial charge in [-0.05, 0) is 31.0 Å². The number of guanidine groups is 1. The Balaban J connectivity index is 1.74. The molecule has 0 aliphatic carbocycles. The number of pyridine rings is 1. The number of ether oxygens (including phenoxy) is 2. The summed E-state index contributed by atoms with van der Waals surface area (Å²) in [5, 5.41) is 3.40. The number of hydrogen-bond donors (Lipinski definition) is 1. The maximum atomic E-state index is 6.04. The molecule has 1 aromatic carbocycles. The van der Waals surface area contributed by atoms with E-state index in [1.54, 1.807) is 7.11 Å². The van der Waals surface area contributed by atoms with Crippen LogP contribution in [0.25, 0.3) is 0 Å². The van der Waals surface area contributed by atoms with Gasteiger partial charge in [-0.3, -0.25) is 0 Å². The summed E-state index contributed by atoms with van der Waals surface area (Å²) in [5.74, 6) is 1.50. The quantitative estimate of drug-likeness (QED) is 0.650. The summed E-state index contributed by atoms with van der Waals surface area (Å²) in [6.45, 7) is 7.81. The SMILES string of the molecule is CCNC(=NCc1cccc(OC)n1)N1CCOC(c2ccccc2C)C1. The highest BCUT2D eigenvalue weighted by atomic mass is 16.5. The molecule has 0 radical (unpaired) electrons. The molecule has 1 aliphatic rings. The predicted octanol–water partition coefficient (Wildman–Crippen LogP) is 2.94. The summed E-state index contributed by atoms with van der Waals surface area (Å²) in [6.07, 6.45) is 0.0544. The van der Waals surface area contributed by atoms with E-state index in [9.17, 15) is 0 Å². The molecule has 1 saturated heterocycles. The van der Waals surface area contributed by atoms with Gasteiger partial charge in [0.1, 0.15) is 6.10 Å². The number of nitrogens with one attached hydrogen (secondary N) is 1. The molecule has 3 rings (SSSR count). The van der Waals surface area contributed by atoms with Gasteiger partial charge >= 0.3 is 0 Å². The normalized spacial score (nSPS) is 17.7. The molecule has 6 nitrogen and oxygen atoms in total. The van der Waals surface area contributed by atoms with Gasteiger partial charge in [-0.1, -0.05) is 30.3 Å². The topological polar surface area (TPSA) is 59.0 Å². The average molecular weight is 368 g/mol. The van der Waals surface area contributed by atoms with E-state index in [4.69, 9.17) is 14.5 Å². The fourth-order valence-electron chi connectivity index (χ4n) is 3.22. The van der Waals surface area contributed by atoms with Crippen molar-refractivity contribution in [2.45, 2.75) is 26.5 Å². The first kappa shape index (κ1) is 19.2. The first-order valence-electron chi connectivity index (χ1n) is 9.41. The Morgan fingerprint density at radius 2 is 2.15 bits per heavy atom. The van der Waals surface area contributed by atoms with Crippen molar-refractivity contribution in [3.8, 4) is 5.88 Å². The molecule has 1 unspecified atom stereocenters. The molecule has 0 bridgehead atoms. The summed E-state index contributed by atoms with van der Waals surface area (Å²) < 4.78 is 11.2.